The van der Waals surface area contributed by atoms with Crippen LogP contribution in [-0.4, -0.2) is 10.7 Å². The molecule has 0 aromatic rings. The van der Waals surface area contributed by atoms with E-state index in [1.165, 1.54) is 0 Å². The number of hydrogen-bond acceptors (Lipinski definition) is 1. The van der Waals surface area contributed by atoms with Crippen molar-refractivity contribution < 1.29 is 5.11 Å². The van der Waals surface area contributed by atoms with Crippen LogP contribution in [0.25, 0.3) is 0 Å². The van der Waals surface area contributed by atoms with Crippen LogP contribution >= 0.6 is 0 Å². The predicted octanol–water partition coefficient (Wildman–Crippen LogP) is 2.58. The van der Waals surface area contributed by atoms with Crippen LogP contribution in [0.3, 0.4) is 0 Å². The first kappa shape index (κ1) is 9.05. The van der Waals surface area contributed by atoms with E-state index < -0.39 is 0 Å². The molecule has 0 aromatic heterocycles. The molecule has 1 nitrogen and oxygen atoms in total. The summed E-state index contributed by atoms with van der Waals surface area (Å²) < 4.78 is 0. The average Bonchev–Trinajstić information content (AvgIpc) is 1.52. The Morgan fingerprint density at radius 1 is 1.27 bits per heavy atom. The van der Waals surface area contributed by atoms with Gasteiger partial charge in [0.05, 0.1) is 5.60 Å². The van der Waals surface area contributed by atoms with Crippen LogP contribution in [0.15, 0.2) is 0 Å². The maximum Gasteiger partial charge on any atom is 0.0660 e. The summed E-state index contributed by atoms with van der Waals surface area (Å²) in [6.45, 7) is 8.79. The van der Waals surface area contributed by atoms with Gasteiger partial charge in [0.1, 0.15) is 0 Å². The monoisotopic (exact) mass is 156 g/mol. The minimum absolute atomic E-state index is 0.322. The average molecular weight is 156 g/mol. The van der Waals surface area contributed by atoms with E-state index in [1.807, 2.05) is 0 Å². The molecule has 0 bridgehead atoms. The highest BCUT2D eigenvalue weighted by molar-refractivity contribution is 4.99. The molecular weight excluding hydrogens is 136 g/mol. The summed E-state index contributed by atoms with van der Waals surface area (Å²) in [4.78, 5) is 0. The lowest BCUT2D eigenvalue weighted by molar-refractivity contribution is -0.123. The zero-order chi connectivity index (χ0) is 8.70. The van der Waals surface area contributed by atoms with Crippen molar-refractivity contribution in [3.63, 3.8) is 0 Å². The first-order valence-electron chi connectivity index (χ1n) is 4.55. The summed E-state index contributed by atoms with van der Waals surface area (Å²) in [5.74, 6) is 0.621. The predicted molar refractivity (Wildman–Crippen MR) is 47.4 cm³/mol. The van der Waals surface area contributed by atoms with Gasteiger partial charge in [0.25, 0.3) is 0 Å². The summed E-state index contributed by atoms with van der Waals surface area (Å²) in [5, 5.41) is 9.92. The van der Waals surface area contributed by atoms with Gasteiger partial charge >= 0.3 is 0 Å². The quantitative estimate of drug-likeness (QED) is 0.651. The smallest absolute Gasteiger partial charge is 0.0660 e. The third-order valence-corrected chi connectivity index (χ3v) is 2.40. The van der Waals surface area contributed by atoms with Crippen molar-refractivity contribution in [3.8, 4) is 0 Å². The van der Waals surface area contributed by atoms with Crippen LogP contribution < -0.4 is 0 Å². The van der Waals surface area contributed by atoms with Gasteiger partial charge in [-0.05, 0) is 30.6 Å². The Morgan fingerprint density at radius 3 is 2.00 bits per heavy atom. The van der Waals surface area contributed by atoms with Gasteiger partial charge in [0, 0.05) is 0 Å². The fourth-order valence-corrected chi connectivity index (χ4v) is 2.63. The summed E-state index contributed by atoms with van der Waals surface area (Å²) >= 11 is 0. The topological polar surface area (TPSA) is 20.2 Å². The molecular formula is C10H20O. The lowest BCUT2D eigenvalue weighted by atomic mass is 9.59. The van der Waals surface area contributed by atoms with Crippen molar-refractivity contribution in [1.82, 2.24) is 0 Å². The van der Waals surface area contributed by atoms with Crippen LogP contribution in [0.4, 0.5) is 0 Å². The van der Waals surface area contributed by atoms with Crippen molar-refractivity contribution in [1.29, 1.82) is 0 Å². The van der Waals surface area contributed by atoms with Gasteiger partial charge in [-0.15, -0.1) is 0 Å². The maximum absolute atomic E-state index is 9.92. The second kappa shape index (κ2) is 2.48. The van der Waals surface area contributed by atoms with Crippen molar-refractivity contribution in [2.45, 2.75) is 52.6 Å². The molecule has 0 aliphatic heterocycles. The molecule has 0 saturated heterocycles. The second-order valence-corrected chi connectivity index (χ2v) is 5.34. The molecule has 11 heavy (non-hydrogen) atoms. The van der Waals surface area contributed by atoms with Crippen molar-refractivity contribution in [2.24, 2.45) is 11.3 Å². The van der Waals surface area contributed by atoms with E-state index in [9.17, 15) is 5.11 Å². The molecule has 0 heterocycles. The first-order valence-corrected chi connectivity index (χ1v) is 4.55. The second-order valence-electron chi connectivity index (χ2n) is 5.34. The minimum Gasteiger partial charge on any atom is -0.390 e. The summed E-state index contributed by atoms with van der Waals surface area (Å²) in [6.07, 6.45) is 2.94. The SMILES string of the molecule is CC(C)CC1(O)CC(C)(C)C1. The molecule has 0 aromatic carbocycles. The summed E-state index contributed by atoms with van der Waals surface area (Å²) in [6, 6.07) is 0. The number of hydrogen-bond donors (Lipinski definition) is 1. The van der Waals surface area contributed by atoms with Gasteiger partial charge in [0.2, 0.25) is 0 Å². The Balaban J connectivity index is 2.37. The molecule has 1 aliphatic rings. The van der Waals surface area contributed by atoms with Crippen molar-refractivity contribution in [3.05, 3.63) is 0 Å². The number of rotatable bonds is 2. The normalized spacial score (nSPS) is 26.7. The Labute approximate surface area is 69.8 Å². The molecule has 0 spiro atoms. The lowest BCUT2D eigenvalue weighted by Gasteiger charge is -2.50. The van der Waals surface area contributed by atoms with Gasteiger partial charge in [-0.1, -0.05) is 27.7 Å². The minimum atomic E-state index is -0.322. The van der Waals surface area contributed by atoms with Gasteiger partial charge in [-0.3, -0.25) is 0 Å². The first-order chi connectivity index (χ1) is 4.83. The molecule has 0 unspecified atom stereocenters. The fourth-order valence-electron chi connectivity index (χ4n) is 2.63. The van der Waals surface area contributed by atoms with E-state index in [2.05, 4.69) is 27.7 Å². The van der Waals surface area contributed by atoms with Crippen LogP contribution in [0, 0.1) is 11.3 Å². The van der Waals surface area contributed by atoms with Gasteiger partial charge in [-0.25, -0.2) is 0 Å². The molecule has 1 rings (SSSR count). The summed E-state index contributed by atoms with van der Waals surface area (Å²) in [7, 11) is 0. The molecule has 1 aliphatic carbocycles. The van der Waals surface area contributed by atoms with Gasteiger partial charge in [-0.2, -0.15) is 0 Å². The van der Waals surface area contributed by atoms with Gasteiger partial charge < -0.3 is 5.11 Å². The van der Waals surface area contributed by atoms with Crippen LogP contribution in [0.1, 0.15) is 47.0 Å². The Hall–Kier alpha value is -0.0400. The zero-order valence-electron chi connectivity index (χ0n) is 8.15. The third-order valence-electron chi connectivity index (χ3n) is 2.40. The molecule has 1 heteroatoms. The fraction of sp³-hybridized carbons (Fsp3) is 1.00. The third kappa shape index (κ3) is 2.19. The Morgan fingerprint density at radius 2 is 1.73 bits per heavy atom. The largest absolute Gasteiger partial charge is 0.390 e. The van der Waals surface area contributed by atoms with Crippen LogP contribution in [0.2, 0.25) is 0 Å². The van der Waals surface area contributed by atoms with E-state index in [4.69, 9.17) is 0 Å². The molecule has 0 amide bonds. The molecule has 1 fully saturated rings. The molecule has 0 atom stereocenters. The highest BCUT2D eigenvalue weighted by Gasteiger charge is 2.47. The Kier molecular flexibility index (Phi) is 2.04. The van der Waals surface area contributed by atoms with E-state index in [0.717, 1.165) is 19.3 Å². The van der Waals surface area contributed by atoms with Crippen LogP contribution in [-0.2, 0) is 0 Å². The van der Waals surface area contributed by atoms with E-state index >= 15 is 0 Å². The molecule has 1 saturated carbocycles. The van der Waals surface area contributed by atoms with E-state index in [0.29, 0.717) is 11.3 Å². The maximum atomic E-state index is 9.92. The zero-order valence-corrected chi connectivity index (χ0v) is 8.15. The lowest BCUT2D eigenvalue weighted by Crippen LogP contribution is -2.49. The van der Waals surface area contributed by atoms with Gasteiger partial charge in [0.15, 0.2) is 0 Å². The van der Waals surface area contributed by atoms with Crippen molar-refractivity contribution >= 4 is 0 Å². The van der Waals surface area contributed by atoms with Crippen molar-refractivity contribution in [2.75, 3.05) is 0 Å². The molecule has 1 N–H and O–H groups in total. The van der Waals surface area contributed by atoms with E-state index in [1.54, 1.807) is 0 Å². The Bertz CT molecular complexity index is 133. The number of aliphatic hydroxyl groups is 1. The highest BCUT2D eigenvalue weighted by Crippen LogP contribution is 2.50. The standard InChI is InChI=1S/C10H20O/c1-8(2)5-10(11)6-9(3,4)7-10/h8,11H,5-7H2,1-4H3. The van der Waals surface area contributed by atoms with Crippen LogP contribution in [0.5, 0.6) is 0 Å². The highest BCUT2D eigenvalue weighted by atomic mass is 16.3. The summed E-state index contributed by atoms with van der Waals surface area (Å²) in [5.41, 5.74) is 0.0707. The molecule has 0 radical (unpaired) electrons. The van der Waals surface area contributed by atoms with E-state index in [-0.39, 0.29) is 5.60 Å². The molecule has 66 valence electrons.